The van der Waals surface area contributed by atoms with Crippen LogP contribution in [0.5, 0.6) is 0 Å². The molecule has 35 heavy (non-hydrogen) atoms. The van der Waals surface area contributed by atoms with Gasteiger partial charge < -0.3 is 26.6 Å². The second-order valence-corrected chi connectivity index (χ2v) is 9.54. The van der Waals surface area contributed by atoms with E-state index in [4.69, 9.17) is 5.73 Å². The molecule has 4 rings (SSSR count). The zero-order valence-corrected chi connectivity index (χ0v) is 20.3. The number of benzene rings is 1. The van der Waals surface area contributed by atoms with Gasteiger partial charge in [0, 0.05) is 30.9 Å². The van der Waals surface area contributed by atoms with Crippen LogP contribution in [-0.2, 0) is 22.6 Å². The fraction of sp³-hybridized carbons (Fsp3) is 0.462. The van der Waals surface area contributed by atoms with E-state index in [2.05, 4.69) is 20.9 Å². The largest absolute Gasteiger partial charge is 0.384 e. The third-order valence-corrected chi connectivity index (χ3v) is 6.80. The van der Waals surface area contributed by atoms with Gasteiger partial charge in [0.15, 0.2) is 0 Å². The Hall–Kier alpha value is -3.46. The Morgan fingerprint density at radius 3 is 2.74 bits per heavy atom. The number of amides is 3. The lowest BCUT2D eigenvalue weighted by Crippen LogP contribution is -2.50. The lowest BCUT2D eigenvalue weighted by atomic mass is 9.95. The maximum Gasteiger partial charge on any atom is 0.253 e. The summed E-state index contributed by atoms with van der Waals surface area (Å²) in [6.07, 6.45) is 2.55. The Morgan fingerprint density at radius 1 is 1.23 bits per heavy atom. The molecule has 2 aromatic rings. The number of nitrogen functional groups attached to an aromatic ring is 1. The van der Waals surface area contributed by atoms with Crippen molar-refractivity contribution in [3.8, 4) is 0 Å². The molecule has 3 heterocycles. The van der Waals surface area contributed by atoms with E-state index in [0.29, 0.717) is 25.3 Å². The Morgan fingerprint density at radius 2 is 2.03 bits per heavy atom. The molecule has 5 N–H and O–H groups in total. The van der Waals surface area contributed by atoms with E-state index in [0.717, 1.165) is 48.3 Å². The maximum atomic E-state index is 12.8. The number of rotatable bonds is 8. The molecule has 0 aliphatic carbocycles. The second kappa shape index (κ2) is 10.9. The van der Waals surface area contributed by atoms with Crippen LogP contribution in [0.3, 0.4) is 0 Å². The Bertz CT molecular complexity index is 1100. The summed E-state index contributed by atoms with van der Waals surface area (Å²) in [7, 11) is 0. The average Bonchev–Trinajstić information content (AvgIpc) is 3.26. The molecule has 2 aliphatic rings. The van der Waals surface area contributed by atoms with Crippen LogP contribution in [0.25, 0.3) is 0 Å². The number of aryl methyl sites for hydroxylation is 1. The topological polar surface area (TPSA) is 129 Å². The molecule has 2 fully saturated rings. The first-order valence-electron chi connectivity index (χ1n) is 12.2. The SMILES string of the molecule is Cc1nc(N)ccc1CNC(=O)[C@H](C)NC(=O)[C@H]1C[C@H](Cc2cccc(C(=O)N3CCC3)c2)CN1. The molecule has 2 aliphatic heterocycles. The summed E-state index contributed by atoms with van der Waals surface area (Å²) in [5.41, 5.74) is 9.14. The number of nitrogens with zero attached hydrogens (tertiary/aromatic N) is 2. The van der Waals surface area contributed by atoms with Gasteiger partial charge in [-0.05, 0) is 74.9 Å². The summed E-state index contributed by atoms with van der Waals surface area (Å²) in [6, 6.07) is 10.3. The van der Waals surface area contributed by atoms with Gasteiger partial charge in [-0.3, -0.25) is 14.4 Å². The quantitative estimate of drug-likeness (QED) is 0.451. The van der Waals surface area contributed by atoms with E-state index in [9.17, 15) is 14.4 Å². The van der Waals surface area contributed by atoms with Crippen LogP contribution in [0, 0.1) is 12.8 Å². The van der Waals surface area contributed by atoms with Crippen LogP contribution < -0.4 is 21.7 Å². The average molecular weight is 479 g/mol. The van der Waals surface area contributed by atoms with Crippen molar-refractivity contribution in [1.29, 1.82) is 0 Å². The van der Waals surface area contributed by atoms with Gasteiger partial charge in [0.2, 0.25) is 11.8 Å². The molecule has 0 bridgehead atoms. The lowest BCUT2D eigenvalue weighted by molar-refractivity contribution is -0.129. The van der Waals surface area contributed by atoms with Crippen molar-refractivity contribution >= 4 is 23.5 Å². The zero-order valence-electron chi connectivity index (χ0n) is 20.3. The van der Waals surface area contributed by atoms with E-state index in [1.165, 1.54) is 0 Å². The number of nitrogens with one attached hydrogen (secondary N) is 3. The van der Waals surface area contributed by atoms with Crippen molar-refractivity contribution in [3.63, 3.8) is 0 Å². The highest BCUT2D eigenvalue weighted by Crippen LogP contribution is 2.21. The summed E-state index contributed by atoms with van der Waals surface area (Å²) < 4.78 is 0. The summed E-state index contributed by atoms with van der Waals surface area (Å²) in [5.74, 6) is 0.378. The minimum atomic E-state index is -0.658. The van der Waals surface area contributed by atoms with Crippen LogP contribution in [0.15, 0.2) is 36.4 Å². The number of pyridine rings is 1. The monoisotopic (exact) mass is 478 g/mol. The number of hydrogen-bond acceptors (Lipinski definition) is 6. The van der Waals surface area contributed by atoms with Crippen molar-refractivity contribution in [2.45, 2.75) is 51.7 Å². The third-order valence-electron chi connectivity index (χ3n) is 6.80. The summed E-state index contributed by atoms with van der Waals surface area (Å²) in [6.45, 7) is 6.22. The molecule has 1 aromatic carbocycles. The van der Waals surface area contributed by atoms with Crippen molar-refractivity contribution in [2.75, 3.05) is 25.4 Å². The predicted molar refractivity (Wildman–Crippen MR) is 133 cm³/mol. The first-order chi connectivity index (χ1) is 16.8. The van der Waals surface area contributed by atoms with E-state index in [1.54, 1.807) is 13.0 Å². The van der Waals surface area contributed by atoms with Gasteiger partial charge in [-0.2, -0.15) is 0 Å². The van der Waals surface area contributed by atoms with Gasteiger partial charge in [-0.25, -0.2) is 4.98 Å². The smallest absolute Gasteiger partial charge is 0.253 e. The highest BCUT2D eigenvalue weighted by Gasteiger charge is 2.31. The summed E-state index contributed by atoms with van der Waals surface area (Å²) in [5, 5.41) is 8.93. The normalized spacial score (nSPS) is 20.1. The second-order valence-electron chi connectivity index (χ2n) is 9.54. The van der Waals surface area contributed by atoms with Crippen LogP contribution >= 0.6 is 0 Å². The zero-order chi connectivity index (χ0) is 24.9. The number of carbonyl (C=O) groups excluding carboxylic acids is 3. The number of anilines is 1. The molecule has 0 radical (unpaired) electrons. The van der Waals surface area contributed by atoms with E-state index in [1.807, 2.05) is 42.2 Å². The van der Waals surface area contributed by atoms with Crippen molar-refractivity contribution < 1.29 is 14.4 Å². The molecule has 2 saturated heterocycles. The highest BCUT2D eigenvalue weighted by atomic mass is 16.2. The predicted octanol–water partition coefficient (Wildman–Crippen LogP) is 1.16. The van der Waals surface area contributed by atoms with Crippen LogP contribution in [0.1, 0.15) is 46.9 Å². The van der Waals surface area contributed by atoms with Gasteiger partial charge in [-0.15, -0.1) is 0 Å². The standard InChI is InChI=1S/C26H34N6O3/c1-16-21(7-8-23(27)30-16)15-29-24(33)17(2)31-25(34)22-13-19(14-28-22)11-18-5-3-6-20(12-18)26(35)32-9-4-10-32/h3,5-8,12,17,19,22,28H,4,9-11,13-15H2,1-2H3,(H2,27,30)(H,29,33)(H,31,34)/t17-,19-,22+/m0/s1. The van der Waals surface area contributed by atoms with Gasteiger partial charge in [0.1, 0.15) is 11.9 Å². The molecule has 3 atom stereocenters. The van der Waals surface area contributed by atoms with Crippen molar-refractivity contribution in [2.24, 2.45) is 5.92 Å². The van der Waals surface area contributed by atoms with Gasteiger partial charge >= 0.3 is 0 Å². The van der Waals surface area contributed by atoms with Crippen molar-refractivity contribution in [1.82, 2.24) is 25.8 Å². The van der Waals surface area contributed by atoms with Crippen molar-refractivity contribution in [3.05, 3.63) is 58.8 Å². The summed E-state index contributed by atoms with van der Waals surface area (Å²) >= 11 is 0. The number of likely N-dealkylation sites (tertiary alicyclic amines) is 1. The fourth-order valence-corrected chi connectivity index (χ4v) is 4.54. The van der Waals surface area contributed by atoms with Crippen LogP contribution in [0.2, 0.25) is 0 Å². The molecular weight excluding hydrogens is 444 g/mol. The van der Waals surface area contributed by atoms with E-state index >= 15 is 0 Å². The maximum absolute atomic E-state index is 12.8. The number of hydrogen-bond donors (Lipinski definition) is 4. The molecule has 0 spiro atoms. The Balaban J connectivity index is 1.23. The molecule has 1 aromatic heterocycles. The van der Waals surface area contributed by atoms with Gasteiger partial charge in [-0.1, -0.05) is 18.2 Å². The van der Waals surface area contributed by atoms with E-state index < -0.39 is 6.04 Å². The molecule has 9 nitrogen and oxygen atoms in total. The highest BCUT2D eigenvalue weighted by molar-refractivity contribution is 5.94. The number of aromatic nitrogens is 1. The molecule has 3 amide bonds. The fourth-order valence-electron chi connectivity index (χ4n) is 4.54. The molecule has 0 unspecified atom stereocenters. The molecule has 0 saturated carbocycles. The minimum absolute atomic E-state index is 0.0926. The Labute approximate surface area is 205 Å². The first-order valence-corrected chi connectivity index (χ1v) is 12.2. The summed E-state index contributed by atoms with van der Waals surface area (Å²) in [4.78, 5) is 43.8. The molecular formula is C26H34N6O3. The Kier molecular flexibility index (Phi) is 7.65. The molecule has 9 heteroatoms. The number of carbonyl (C=O) groups is 3. The van der Waals surface area contributed by atoms with Gasteiger partial charge in [0.25, 0.3) is 5.91 Å². The van der Waals surface area contributed by atoms with E-state index in [-0.39, 0.29) is 29.7 Å². The minimum Gasteiger partial charge on any atom is -0.384 e. The van der Waals surface area contributed by atoms with Crippen LogP contribution in [0.4, 0.5) is 5.82 Å². The molecule has 186 valence electrons. The van der Waals surface area contributed by atoms with Crippen LogP contribution in [-0.4, -0.2) is 59.3 Å². The van der Waals surface area contributed by atoms with Gasteiger partial charge in [0.05, 0.1) is 6.04 Å². The number of nitrogens with two attached hydrogens (primary N) is 1. The third kappa shape index (κ3) is 6.16. The first kappa shape index (κ1) is 24.7. The lowest BCUT2D eigenvalue weighted by Gasteiger charge is -2.31.